The first kappa shape index (κ1) is 11.9. The first-order valence-corrected chi connectivity index (χ1v) is 5.61. The molecule has 0 aliphatic carbocycles. The second kappa shape index (κ2) is 5.68. The number of nitrogens with two attached hydrogens (primary N) is 1. The molecular weight excluding hydrogens is 228 g/mol. The maximum Gasteiger partial charge on any atom is 0.142 e. The zero-order chi connectivity index (χ0) is 12.8. The number of hydrogen-bond acceptors (Lipinski definition) is 5. The molecule has 18 heavy (non-hydrogen) atoms. The van der Waals surface area contributed by atoms with Crippen molar-refractivity contribution in [2.24, 2.45) is 0 Å². The van der Waals surface area contributed by atoms with Crippen LogP contribution in [0.2, 0.25) is 0 Å². The fraction of sp³-hybridized carbons (Fsp3) is 0.250. The van der Waals surface area contributed by atoms with Crippen molar-refractivity contribution in [3.05, 3.63) is 36.3 Å². The van der Waals surface area contributed by atoms with Gasteiger partial charge in [0.05, 0.1) is 24.4 Å². The SMILES string of the molecule is N#CCCN(Cc1cccnc1)c1cn[nH]c1N. The summed E-state index contributed by atoms with van der Waals surface area (Å²) in [5.41, 5.74) is 7.69. The number of nitrogen functional groups attached to an aromatic ring is 1. The third kappa shape index (κ3) is 2.77. The van der Waals surface area contributed by atoms with E-state index >= 15 is 0 Å². The van der Waals surface area contributed by atoms with E-state index in [1.807, 2.05) is 17.0 Å². The van der Waals surface area contributed by atoms with E-state index in [0.29, 0.717) is 25.3 Å². The van der Waals surface area contributed by atoms with Crippen molar-refractivity contribution in [1.29, 1.82) is 5.26 Å². The van der Waals surface area contributed by atoms with Crippen molar-refractivity contribution in [2.45, 2.75) is 13.0 Å². The largest absolute Gasteiger partial charge is 0.382 e. The quantitative estimate of drug-likeness (QED) is 0.824. The highest BCUT2D eigenvalue weighted by atomic mass is 15.2. The topological polar surface area (TPSA) is 94.6 Å². The Hall–Kier alpha value is -2.55. The lowest BCUT2D eigenvalue weighted by Gasteiger charge is -2.22. The van der Waals surface area contributed by atoms with Gasteiger partial charge in [-0.2, -0.15) is 10.4 Å². The van der Waals surface area contributed by atoms with Crippen molar-refractivity contribution >= 4 is 11.5 Å². The summed E-state index contributed by atoms with van der Waals surface area (Å²) in [5, 5.41) is 15.3. The Bertz CT molecular complexity index is 527. The molecule has 0 bridgehead atoms. The van der Waals surface area contributed by atoms with Gasteiger partial charge in [0.25, 0.3) is 0 Å². The normalized spacial score (nSPS) is 9.94. The third-order valence-electron chi connectivity index (χ3n) is 2.58. The summed E-state index contributed by atoms with van der Waals surface area (Å²) in [6.45, 7) is 1.26. The van der Waals surface area contributed by atoms with E-state index in [9.17, 15) is 0 Å². The molecule has 0 aliphatic heterocycles. The number of hydrogen-bond donors (Lipinski definition) is 2. The molecule has 2 aromatic rings. The minimum Gasteiger partial charge on any atom is -0.382 e. The zero-order valence-electron chi connectivity index (χ0n) is 9.87. The van der Waals surface area contributed by atoms with E-state index < -0.39 is 0 Å². The van der Waals surface area contributed by atoms with Crippen LogP contribution in [0.3, 0.4) is 0 Å². The van der Waals surface area contributed by atoms with Crippen molar-refractivity contribution in [2.75, 3.05) is 17.2 Å². The average molecular weight is 242 g/mol. The lowest BCUT2D eigenvalue weighted by Crippen LogP contribution is -2.24. The third-order valence-corrected chi connectivity index (χ3v) is 2.58. The fourth-order valence-corrected chi connectivity index (χ4v) is 1.72. The summed E-state index contributed by atoms with van der Waals surface area (Å²) in [6, 6.07) is 6.01. The summed E-state index contributed by atoms with van der Waals surface area (Å²) in [6.07, 6.45) is 5.64. The Labute approximate surface area is 105 Å². The van der Waals surface area contributed by atoms with Gasteiger partial charge in [-0.1, -0.05) is 6.07 Å². The second-order valence-electron chi connectivity index (χ2n) is 3.86. The minimum absolute atomic E-state index is 0.435. The molecule has 0 atom stereocenters. The van der Waals surface area contributed by atoms with Crippen LogP contribution in [0, 0.1) is 11.3 Å². The highest BCUT2D eigenvalue weighted by molar-refractivity contribution is 5.62. The van der Waals surface area contributed by atoms with Crippen LogP contribution in [0.4, 0.5) is 11.5 Å². The Kier molecular flexibility index (Phi) is 3.76. The first-order valence-electron chi connectivity index (χ1n) is 5.61. The van der Waals surface area contributed by atoms with Gasteiger partial charge in [0.1, 0.15) is 5.82 Å². The molecule has 2 aromatic heterocycles. The summed E-state index contributed by atoms with van der Waals surface area (Å²) in [4.78, 5) is 6.09. The second-order valence-corrected chi connectivity index (χ2v) is 3.86. The molecule has 0 radical (unpaired) electrons. The molecule has 0 spiro atoms. The number of aromatic nitrogens is 3. The number of nitriles is 1. The Balaban J connectivity index is 2.16. The Morgan fingerprint density at radius 3 is 2.94 bits per heavy atom. The molecule has 6 nitrogen and oxygen atoms in total. The molecule has 3 N–H and O–H groups in total. The molecule has 0 aromatic carbocycles. The van der Waals surface area contributed by atoms with E-state index in [4.69, 9.17) is 11.0 Å². The fourth-order valence-electron chi connectivity index (χ4n) is 1.72. The van der Waals surface area contributed by atoms with Crippen LogP contribution in [0.25, 0.3) is 0 Å². The molecule has 0 fully saturated rings. The van der Waals surface area contributed by atoms with Gasteiger partial charge in [0, 0.05) is 25.5 Å². The van der Waals surface area contributed by atoms with Gasteiger partial charge in [0.15, 0.2) is 0 Å². The summed E-state index contributed by atoms with van der Waals surface area (Å²) in [7, 11) is 0. The molecular formula is C12H14N6. The number of pyridine rings is 1. The van der Waals surface area contributed by atoms with Crippen LogP contribution in [-0.2, 0) is 6.54 Å². The van der Waals surface area contributed by atoms with Crippen molar-refractivity contribution in [3.8, 4) is 6.07 Å². The number of nitrogens with one attached hydrogen (secondary N) is 1. The van der Waals surface area contributed by atoms with Crippen LogP contribution >= 0.6 is 0 Å². The lowest BCUT2D eigenvalue weighted by molar-refractivity contribution is 0.797. The number of anilines is 2. The van der Waals surface area contributed by atoms with Crippen LogP contribution in [0.15, 0.2) is 30.7 Å². The van der Waals surface area contributed by atoms with E-state index in [2.05, 4.69) is 21.3 Å². The maximum absolute atomic E-state index is 8.70. The molecule has 0 unspecified atom stereocenters. The van der Waals surface area contributed by atoms with Gasteiger partial charge in [-0.25, -0.2) is 0 Å². The summed E-state index contributed by atoms with van der Waals surface area (Å²) in [5.74, 6) is 0.511. The lowest BCUT2D eigenvalue weighted by atomic mass is 10.2. The molecule has 92 valence electrons. The van der Waals surface area contributed by atoms with Crippen molar-refractivity contribution in [3.63, 3.8) is 0 Å². The van der Waals surface area contributed by atoms with Crippen LogP contribution in [0.1, 0.15) is 12.0 Å². The number of nitrogens with zero attached hydrogens (tertiary/aromatic N) is 4. The smallest absolute Gasteiger partial charge is 0.142 e. The monoisotopic (exact) mass is 242 g/mol. The minimum atomic E-state index is 0.435. The highest BCUT2D eigenvalue weighted by Gasteiger charge is 2.12. The predicted molar refractivity (Wildman–Crippen MR) is 68.5 cm³/mol. The average Bonchev–Trinajstić information content (AvgIpc) is 2.82. The molecule has 0 saturated carbocycles. The molecule has 2 heterocycles. The van der Waals surface area contributed by atoms with Gasteiger partial charge in [-0.3, -0.25) is 10.1 Å². The highest BCUT2D eigenvalue weighted by Crippen LogP contribution is 2.21. The van der Waals surface area contributed by atoms with Gasteiger partial charge < -0.3 is 10.6 Å². The number of H-pyrrole nitrogens is 1. The molecule has 0 aliphatic rings. The molecule has 6 heteroatoms. The summed E-state index contributed by atoms with van der Waals surface area (Å²) >= 11 is 0. The standard InChI is InChI=1S/C12H14N6/c13-4-2-6-18(11-8-16-17-12(11)14)9-10-3-1-5-15-7-10/h1,3,5,7-8H,2,6,9H2,(H3,14,16,17). The number of aromatic amines is 1. The predicted octanol–water partition coefficient (Wildman–Crippen LogP) is 1.31. The Morgan fingerprint density at radius 1 is 1.44 bits per heavy atom. The van der Waals surface area contributed by atoms with E-state index in [1.165, 1.54) is 0 Å². The van der Waals surface area contributed by atoms with Crippen LogP contribution in [0.5, 0.6) is 0 Å². The van der Waals surface area contributed by atoms with Crippen LogP contribution in [-0.4, -0.2) is 21.7 Å². The van der Waals surface area contributed by atoms with Crippen molar-refractivity contribution in [1.82, 2.24) is 15.2 Å². The maximum atomic E-state index is 8.70. The van der Waals surface area contributed by atoms with E-state index in [-0.39, 0.29) is 0 Å². The Morgan fingerprint density at radius 2 is 2.33 bits per heavy atom. The molecule has 2 rings (SSSR count). The molecule has 0 amide bonds. The van der Waals surface area contributed by atoms with Crippen LogP contribution < -0.4 is 10.6 Å². The van der Waals surface area contributed by atoms with E-state index in [0.717, 1.165) is 11.3 Å². The van der Waals surface area contributed by atoms with Gasteiger partial charge >= 0.3 is 0 Å². The number of rotatable bonds is 5. The first-order chi connectivity index (χ1) is 8.81. The zero-order valence-corrected chi connectivity index (χ0v) is 9.87. The van der Waals surface area contributed by atoms with Gasteiger partial charge in [-0.15, -0.1) is 0 Å². The van der Waals surface area contributed by atoms with Gasteiger partial charge in [-0.05, 0) is 11.6 Å². The summed E-state index contributed by atoms with van der Waals surface area (Å²) < 4.78 is 0. The van der Waals surface area contributed by atoms with Crippen molar-refractivity contribution < 1.29 is 0 Å². The molecule has 0 saturated heterocycles. The van der Waals surface area contributed by atoms with Gasteiger partial charge in [0.2, 0.25) is 0 Å². The van der Waals surface area contributed by atoms with E-state index in [1.54, 1.807) is 18.6 Å².